The van der Waals surface area contributed by atoms with E-state index in [1.165, 1.54) is 30.5 Å². The first-order chi connectivity index (χ1) is 20.2. The molecule has 0 radical (unpaired) electrons. The zero-order valence-corrected chi connectivity index (χ0v) is 24.6. The lowest BCUT2D eigenvalue weighted by Gasteiger charge is -2.38. The van der Waals surface area contributed by atoms with Crippen LogP contribution in [-0.4, -0.2) is 74.1 Å². The molecule has 4 heterocycles. The molecule has 2 aromatic carbocycles. The minimum absolute atomic E-state index is 0.00859. The molecule has 216 valence electrons. The summed E-state index contributed by atoms with van der Waals surface area (Å²) in [5.41, 5.74) is 2.60. The van der Waals surface area contributed by atoms with Crippen LogP contribution in [0, 0.1) is 0 Å². The third-order valence-electron chi connectivity index (χ3n) is 8.75. The Morgan fingerprint density at radius 1 is 0.756 bits per heavy atom. The molecule has 2 N–H and O–H groups in total. The second-order valence-electron chi connectivity index (χ2n) is 11.3. The van der Waals surface area contributed by atoms with Crippen LogP contribution in [0.1, 0.15) is 37.7 Å². The molecule has 0 saturated carbocycles. The first-order valence-electron chi connectivity index (χ1n) is 15.1. The van der Waals surface area contributed by atoms with Gasteiger partial charge >= 0.3 is 0 Å². The van der Waals surface area contributed by atoms with E-state index in [2.05, 4.69) is 92.1 Å². The van der Waals surface area contributed by atoms with Gasteiger partial charge < -0.3 is 30.1 Å². The molecule has 0 spiro atoms. The quantitative estimate of drug-likeness (QED) is 0.388. The number of aromatic nitrogens is 2. The molecule has 3 fully saturated rings. The van der Waals surface area contributed by atoms with Crippen LogP contribution in [0.25, 0.3) is 0 Å². The van der Waals surface area contributed by atoms with Crippen LogP contribution in [0.5, 0.6) is 0 Å². The van der Waals surface area contributed by atoms with Gasteiger partial charge in [0, 0.05) is 76.2 Å². The van der Waals surface area contributed by atoms with Crippen molar-refractivity contribution in [2.24, 2.45) is 0 Å². The molecule has 41 heavy (non-hydrogen) atoms. The summed E-state index contributed by atoms with van der Waals surface area (Å²) >= 11 is 5.81. The minimum Gasteiger partial charge on any atom is -0.381 e. The largest absolute Gasteiger partial charge is 0.381 e. The molecule has 3 aromatic rings. The van der Waals surface area contributed by atoms with Crippen LogP contribution >= 0.6 is 12.2 Å². The number of benzene rings is 2. The lowest BCUT2D eigenvalue weighted by atomic mass is 9.74. The monoisotopic (exact) mass is 571 g/mol. The molecule has 3 aliphatic rings. The maximum Gasteiger partial charge on any atom is 0.232 e. The Morgan fingerprint density at radius 3 is 2.00 bits per heavy atom. The third-order valence-corrected chi connectivity index (χ3v) is 9.00. The summed E-state index contributed by atoms with van der Waals surface area (Å²) in [6.07, 6.45) is 5.61. The predicted molar refractivity (Wildman–Crippen MR) is 171 cm³/mol. The molecule has 9 heteroatoms. The van der Waals surface area contributed by atoms with E-state index in [1.807, 2.05) is 0 Å². The van der Waals surface area contributed by atoms with Crippen LogP contribution in [-0.2, 0) is 10.2 Å². The zero-order valence-electron chi connectivity index (χ0n) is 23.8. The molecule has 0 atom stereocenters. The van der Waals surface area contributed by atoms with E-state index in [0.29, 0.717) is 11.1 Å². The van der Waals surface area contributed by atoms with Gasteiger partial charge in [0.25, 0.3) is 0 Å². The van der Waals surface area contributed by atoms with Crippen molar-refractivity contribution in [3.05, 3.63) is 72.3 Å². The Morgan fingerprint density at radius 2 is 1.34 bits per heavy atom. The molecule has 1 aromatic heterocycles. The lowest BCUT2D eigenvalue weighted by molar-refractivity contribution is 0.0515. The number of nitrogens with one attached hydrogen (secondary N) is 2. The molecule has 3 aliphatic heterocycles. The Hall–Kier alpha value is -3.43. The number of hydrogen-bond donors (Lipinski definition) is 2. The van der Waals surface area contributed by atoms with Crippen molar-refractivity contribution in [1.29, 1.82) is 0 Å². The number of ether oxygens (including phenoxy) is 1. The molecule has 0 bridgehead atoms. The normalized spacial score (nSPS) is 19.1. The van der Waals surface area contributed by atoms with Gasteiger partial charge in [0.1, 0.15) is 11.6 Å². The summed E-state index contributed by atoms with van der Waals surface area (Å²) in [7, 11) is 0. The topological polar surface area (TPSA) is 68.8 Å². The van der Waals surface area contributed by atoms with Crippen LogP contribution in [0.15, 0.2) is 66.7 Å². The van der Waals surface area contributed by atoms with Gasteiger partial charge in [-0.25, -0.2) is 0 Å². The second-order valence-corrected chi connectivity index (χ2v) is 11.7. The van der Waals surface area contributed by atoms with Crippen LogP contribution in [0.2, 0.25) is 0 Å². The molecular weight excluding hydrogens is 530 g/mol. The Balaban J connectivity index is 1.16. The minimum atomic E-state index is -0.00859. The van der Waals surface area contributed by atoms with Gasteiger partial charge in [-0.2, -0.15) is 9.97 Å². The Kier molecular flexibility index (Phi) is 8.82. The molecule has 0 unspecified atom stereocenters. The van der Waals surface area contributed by atoms with Gasteiger partial charge in [0.15, 0.2) is 5.11 Å². The summed E-state index contributed by atoms with van der Waals surface area (Å²) in [4.78, 5) is 17.1. The van der Waals surface area contributed by atoms with Gasteiger partial charge in [-0.15, -0.1) is 0 Å². The highest BCUT2D eigenvalue weighted by Gasteiger charge is 2.34. The Labute approximate surface area is 249 Å². The molecule has 8 nitrogen and oxygen atoms in total. The van der Waals surface area contributed by atoms with Crippen LogP contribution in [0.4, 0.5) is 23.3 Å². The highest BCUT2D eigenvalue weighted by atomic mass is 32.1. The molecule has 3 saturated heterocycles. The zero-order chi connectivity index (χ0) is 27.9. The van der Waals surface area contributed by atoms with Gasteiger partial charge in [0.05, 0.1) is 0 Å². The summed E-state index contributed by atoms with van der Waals surface area (Å²) in [5.74, 6) is 2.51. The maximum absolute atomic E-state index is 5.81. The number of para-hydroxylation sites is 1. The van der Waals surface area contributed by atoms with Crippen molar-refractivity contribution < 1.29 is 4.74 Å². The van der Waals surface area contributed by atoms with Crippen molar-refractivity contribution in [2.45, 2.75) is 37.5 Å². The number of piperazine rings is 1. The number of nitrogens with zero attached hydrogens (tertiary/aromatic N) is 5. The second kappa shape index (κ2) is 13.0. The molecule has 0 amide bonds. The van der Waals surface area contributed by atoms with E-state index < -0.39 is 0 Å². The predicted octanol–water partition coefficient (Wildman–Crippen LogP) is 4.83. The summed E-state index contributed by atoms with van der Waals surface area (Å²) < 4.78 is 5.71. The van der Waals surface area contributed by atoms with E-state index in [0.717, 1.165) is 83.5 Å². The van der Waals surface area contributed by atoms with Crippen LogP contribution in [0.3, 0.4) is 0 Å². The number of rotatable bonds is 7. The fraction of sp³-hybridized carbons (Fsp3) is 0.469. The van der Waals surface area contributed by atoms with E-state index in [4.69, 9.17) is 26.9 Å². The number of thiocarbonyl (C=S) groups is 1. The van der Waals surface area contributed by atoms with Gasteiger partial charge in [-0.1, -0.05) is 48.5 Å². The van der Waals surface area contributed by atoms with Crippen molar-refractivity contribution in [1.82, 2.24) is 15.3 Å². The van der Waals surface area contributed by atoms with Crippen molar-refractivity contribution in [3.63, 3.8) is 0 Å². The average Bonchev–Trinajstić information content (AvgIpc) is 3.05. The fourth-order valence-electron chi connectivity index (χ4n) is 6.27. The average molecular weight is 572 g/mol. The first kappa shape index (κ1) is 27.7. The van der Waals surface area contributed by atoms with Crippen molar-refractivity contribution in [2.75, 3.05) is 79.0 Å². The molecule has 0 aliphatic carbocycles. The first-order valence-corrected chi connectivity index (χ1v) is 15.5. The smallest absolute Gasteiger partial charge is 0.232 e. The summed E-state index contributed by atoms with van der Waals surface area (Å²) in [5, 5.41) is 7.42. The maximum atomic E-state index is 5.81. The van der Waals surface area contributed by atoms with Gasteiger partial charge in [0.2, 0.25) is 5.95 Å². The highest BCUT2D eigenvalue weighted by molar-refractivity contribution is 7.80. The van der Waals surface area contributed by atoms with Gasteiger partial charge in [-0.05, 0) is 62.0 Å². The standard InChI is InChI=1S/C32H41N7OS/c41-31(33-25-32(14-22-40-23-15-32)26-10-4-1-5-11-26)36-30-34-28(38-16-8-3-9-17-38)24-29(35-30)39-20-18-37(19-21-39)27-12-6-2-7-13-27/h1-2,4-7,10-13,24H,3,8-9,14-23,25H2,(H2,33,34,35,36,41). The third kappa shape index (κ3) is 6.73. The SMILES string of the molecule is S=C(NCC1(c2ccccc2)CCOCC1)Nc1nc(N2CCCCC2)cc(N2CCN(c3ccccc3)CC2)n1. The number of anilines is 4. The van der Waals surface area contributed by atoms with Crippen molar-refractivity contribution >= 4 is 40.6 Å². The van der Waals surface area contributed by atoms with Crippen LogP contribution < -0.4 is 25.3 Å². The lowest BCUT2D eigenvalue weighted by Crippen LogP contribution is -2.47. The molecular formula is C32H41N7OS. The molecule has 6 rings (SSSR count). The van der Waals surface area contributed by atoms with E-state index >= 15 is 0 Å². The highest BCUT2D eigenvalue weighted by Crippen LogP contribution is 2.34. The van der Waals surface area contributed by atoms with E-state index in [-0.39, 0.29) is 5.41 Å². The summed E-state index contributed by atoms with van der Waals surface area (Å²) in [6.45, 7) is 8.07. The fourth-order valence-corrected chi connectivity index (χ4v) is 6.44. The summed E-state index contributed by atoms with van der Waals surface area (Å²) in [6, 6.07) is 23.6. The number of piperidine rings is 1. The van der Waals surface area contributed by atoms with Crippen molar-refractivity contribution in [3.8, 4) is 0 Å². The number of hydrogen-bond acceptors (Lipinski definition) is 7. The Bertz CT molecular complexity index is 1270. The van der Waals surface area contributed by atoms with Gasteiger partial charge in [-0.3, -0.25) is 0 Å². The van der Waals surface area contributed by atoms with E-state index in [9.17, 15) is 0 Å². The van der Waals surface area contributed by atoms with E-state index in [1.54, 1.807) is 0 Å².